The molecule has 0 unspecified atom stereocenters. The lowest BCUT2D eigenvalue weighted by Gasteiger charge is -2.05. The second kappa shape index (κ2) is 2.78. The zero-order valence-corrected chi connectivity index (χ0v) is 6.63. The average molecular weight is 136 g/mol. The largest absolute Gasteiger partial charge is 0.245 e. The van der Waals surface area contributed by atoms with Crippen LogP contribution in [0.4, 0.5) is 0 Å². The molecule has 0 spiro atoms. The monoisotopic (exact) mass is 136 g/mol. The van der Waals surface area contributed by atoms with E-state index < -0.39 is 0 Å². The molecule has 1 rings (SSSR count). The lowest BCUT2D eigenvalue weighted by atomic mass is 10.0. The first-order valence-electron chi connectivity index (χ1n) is 3.48. The second-order valence-electron chi connectivity index (χ2n) is 2.72. The summed E-state index contributed by atoms with van der Waals surface area (Å²) in [5, 5.41) is 0. The van der Waals surface area contributed by atoms with Gasteiger partial charge in [-0.15, -0.1) is 0 Å². The Labute approximate surface area is 61.3 Å². The van der Waals surface area contributed by atoms with Crippen molar-refractivity contribution in [2.75, 3.05) is 0 Å². The number of rotatable bonds is 1. The first-order valence-corrected chi connectivity index (χ1v) is 3.48. The van der Waals surface area contributed by atoms with E-state index in [0.29, 0.717) is 5.92 Å². The number of aryl methyl sites for hydroxylation is 1. The van der Waals surface area contributed by atoms with Crippen LogP contribution in [0.1, 0.15) is 31.0 Å². The molecule has 0 bridgehead atoms. The zero-order valence-electron chi connectivity index (χ0n) is 6.63. The van der Waals surface area contributed by atoms with Crippen molar-refractivity contribution < 1.29 is 0 Å². The lowest BCUT2D eigenvalue weighted by Crippen LogP contribution is -1.95. The summed E-state index contributed by atoms with van der Waals surface area (Å²) in [6, 6.07) is 0. The van der Waals surface area contributed by atoms with Gasteiger partial charge < -0.3 is 0 Å². The first-order chi connectivity index (χ1) is 4.72. The van der Waals surface area contributed by atoms with Gasteiger partial charge in [0.05, 0.1) is 0 Å². The fourth-order valence-electron chi connectivity index (χ4n) is 0.968. The predicted octanol–water partition coefficient (Wildman–Crippen LogP) is 1.91. The molecule has 1 aromatic rings. The van der Waals surface area contributed by atoms with Gasteiger partial charge in [-0.25, -0.2) is 9.97 Å². The molecular weight excluding hydrogens is 124 g/mol. The second-order valence-corrected chi connectivity index (χ2v) is 2.72. The van der Waals surface area contributed by atoms with Crippen molar-refractivity contribution >= 4 is 0 Å². The van der Waals surface area contributed by atoms with E-state index in [1.54, 1.807) is 6.33 Å². The molecule has 0 fully saturated rings. The van der Waals surface area contributed by atoms with Crippen LogP contribution in [0.25, 0.3) is 0 Å². The Bertz CT molecular complexity index is 218. The van der Waals surface area contributed by atoms with E-state index in [-0.39, 0.29) is 0 Å². The van der Waals surface area contributed by atoms with E-state index in [2.05, 4.69) is 23.8 Å². The molecule has 2 nitrogen and oxygen atoms in total. The van der Waals surface area contributed by atoms with Gasteiger partial charge >= 0.3 is 0 Å². The summed E-state index contributed by atoms with van der Waals surface area (Å²) in [6.07, 6.45) is 3.47. The molecular formula is C8H12N2. The number of hydrogen-bond acceptors (Lipinski definition) is 2. The maximum Gasteiger partial charge on any atom is 0.115 e. The molecule has 10 heavy (non-hydrogen) atoms. The van der Waals surface area contributed by atoms with Gasteiger partial charge in [-0.05, 0) is 18.4 Å². The van der Waals surface area contributed by atoms with E-state index in [1.165, 1.54) is 5.56 Å². The van der Waals surface area contributed by atoms with Crippen LogP contribution in [-0.4, -0.2) is 9.97 Å². The minimum absolute atomic E-state index is 0.529. The van der Waals surface area contributed by atoms with Gasteiger partial charge in [0.2, 0.25) is 0 Å². The molecule has 0 aliphatic carbocycles. The maximum atomic E-state index is 4.09. The summed E-state index contributed by atoms with van der Waals surface area (Å²) in [7, 11) is 0. The Morgan fingerprint density at radius 1 is 1.40 bits per heavy atom. The molecule has 0 atom stereocenters. The minimum Gasteiger partial charge on any atom is -0.245 e. The number of aromatic nitrogens is 2. The van der Waals surface area contributed by atoms with Crippen molar-refractivity contribution in [3.05, 3.63) is 23.8 Å². The van der Waals surface area contributed by atoms with Crippen LogP contribution in [0.15, 0.2) is 12.5 Å². The standard InChI is InChI=1S/C8H12N2/c1-6(2)8-4-9-5-10-7(8)3/h4-6H,1-3H3. The van der Waals surface area contributed by atoms with E-state index in [4.69, 9.17) is 0 Å². The average Bonchev–Trinajstić information content (AvgIpc) is 1.88. The van der Waals surface area contributed by atoms with E-state index in [1.807, 2.05) is 13.1 Å². The van der Waals surface area contributed by atoms with Gasteiger partial charge in [0.15, 0.2) is 0 Å². The molecule has 1 heterocycles. The van der Waals surface area contributed by atoms with Crippen LogP contribution >= 0.6 is 0 Å². The Balaban J connectivity index is 3.03. The van der Waals surface area contributed by atoms with Gasteiger partial charge in [0.25, 0.3) is 0 Å². The van der Waals surface area contributed by atoms with Crippen LogP contribution in [0, 0.1) is 6.92 Å². The highest BCUT2D eigenvalue weighted by Gasteiger charge is 2.01. The summed E-state index contributed by atoms with van der Waals surface area (Å²) in [6.45, 7) is 6.30. The fourth-order valence-corrected chi connectivity index (χ4v) is 0.968. The van der Waals surface area contributed by atoms with Crippen molar-refractivity contribution in [2.24, 2.45) is 0 Å². The van der Waals surface area contributed by atoms with Gasteiger partial charge in [0.1, 0.15) is 6.33 Å². The Morgan fingerprint density at radius 3 is 2.50 bits per heavy atom. The van der Waals surface area contributed by atoms with Gasteiger partial charge in [-0.3, -0.25) is 0 Å². The summed E-state index contributed by atoms with van der Waals surface area (Å²) in [5.74, 6) is 0.529. The Hall–Kier alpha value is -0.920. The van der Waals surface area contributed by atoms with E-state index in [9.17, 15) is 0 Å². The number of hydrogen-bond donors (Lipinski definition) is 0. The first kappa shape index (κ1) is 7.19. The van der Waals surface area contributed by atoms with Crippen molar-refractivity contribution in [3.63, 3.8) is 0 Å². The van der Waals surface area contributed by atoms with Crippen molar-refractivity contribution in [1.29, 1.82) is 0 Å². The normalized spacial score (nSPS) is 10.4. The molecule has 0 saturated heterocycles. The van der Waals surface area contributed by atoms with E-state index >= 15 is 0 Å². The molecule has 0 amide bonds. The highest BCUT2D eigenvalue weighted by atomic mass is 14.8. The molecule has 0 saturated carbocycles. The van der Waals surface area contributed by atoms with Crippen LogP contribution in [0.5, 0.6) is 0 Å². The zero-order chi connectivity index (χ0) is 7.56. The van der Waals surface area contributed by atoms with Crippen LogP contribution < -0.4 is 0 Å². The third kappa shape index (κ3) is 1.32. The summed E-state index contributed by atoms with van der Waals surface area (Å²) >= 11 is 0. The van der Waals surface area contributed by atoms with Crippen molar-refractivity contribution in [1.82, 2.24) is 9.97 Å². The number of nitrogens with zero attached hydrogens (tertiary/aromatic N) is 2. The highest BCUT2D eigenvalue weighted by molar-refractivity contribution is 5.17. The summed E-state index contributed by atoms with van der Waals surface area (Å²) < 4.78 is 0. The minimum atomic E-state index is 0.529. The predicted molar refractivity (Wildman–Crippen MR) is 40.9 cm³/mol. The Morgan fingerprint density at radius 2 is 2.10 bits per heavy atom. The molecule has 54 valence electrons. The third-order valence-electron chi connectivity index (χ3n) is 1.57. The Kier molecular flexibility index (Phi) is 2.00. The lowest BCUT2D eigenvalue weighted by molar-refractivity contribution is 0.828. The van der Waals surface area contributed by atoms with Crippen molar-refractivity contribution in [3.8, 4) is 0 Å². The van der Waals surface area contributed by atoms with Crippen LogP contribution in [-0.2, 0) is 0 Å². The molecule has 0 radical (unpaired) electrons. The molecule has 1 aromatic heterocycles. The van der Waals surface area contributed by atoms with E-state index in [0.717, 1.165) is 5.69 Å². The van der Waals surface area contributed by atoms with Crippen molar-refractivity contribution in [2.45, 2.75) is 26.7 Å². The molecule has 0 aromatic carbocycles. The molecule has 0 N–H and O–H groups in total. The van der Waals surface area contributed by atoms with Crippen LogP contribution in [0.3, 0.4) is 0 Å². The molecule has 2 heteroatoms. The van der Waals surface area contributed by atoms with Gasteiger partial charge in [-0.1, -0.05) is 13.8 Å². The van der Waals surface area contributed by atoms with Crippen LogP contribution in [0.2, 0.25) is 0 Å². The summed E-state index contributed by atoms with van der Waals surface area (Å²) in [4.78, 5) is 8.04. The molecule has 0 aliphatic rings. The van der Waals surface area contributed by atoms with Gasteiger partial charge in [0, 0.05) is 11.9 Å². The maximum absolute atomic E-state index is 4.09. The highest BCUT2D eigenvalue weighted by Crippen LogP contribution is 2.14. The van der Waals surface area contributed by atoms with Gasteiger partial charge in [-0.2, -0.15) is 0 Å². The third-order valence-corrected chi connectivity index (χ3v) is 1.57. The summed E-state index contributed by atoms with van der Waals surface area (Å²) in [5.41, 5.74) is 2.33. The quantitative estimate of drug-likeness (QED) is 0.589. The topological polar surface area (TPSA) is 25.8 Å². The fraction of sp³-hybridized carbons (Fsp3) is 0.500. The SMILES string of the molecule is Cc1ncncc1C(C)C. The smallest absolute Gasteiger partial charge is 0.115 e. The molecule has 0 aliphatic heterocycles.